The topological polar surface area (TPSA) is 12.0 Å². The molecule has 5 rings (SSSR count). The second-order valence-electron chi connectivity index (χ2n) is 9.32. The molecule has 1 heteroatoms. The molecule has 0 bridgehead atoms. The summed E-state index contributed by atoms with van der Waals surface area (Å²) < 4.78 is 0. The van der Waals surface area contributed by atoms with Gasteiger partial charge >= 0.3 is 0 Å². The molecule has 1 heterocycles. The van der Waals surface area contributed by atoms with Crippen LogP contribution in [0, 0.1) is 5.92 Å². The first-order valence-electron chi connectivity index (χ1n) is 12.1. The van der Waals surface area contributed by atoms with Crippen molar-refractivity contribution in [1.82, 2.24) is 5.32 Å². The fourth-order valence-corrected chi connectivity index (χ4v) is 5.82. The summed E-state index contributed by atoms with van der Waals surface area (Å²) in [6.45, 7) is 0.949. The quantitative estimate of drug-likeness (QED) is 0.507. The van der Waals surface area contributed by atoms with Crippen LogP contribution in [0.15, 0.2) is 93.8 Å². The smallest absolute Gasteiger partial charge is 0.0330 e. The average molecular weight is 398 g/mol. The van der Waals surface area contributed by atoms with E-state index in [1.165, 1.54) is 75.5 Å². The van der Waals surface area contributed by atoms with Crippen molar-refractivity contribution in [3.8, 4) is 0 Å². The molecule has 0 saturated carbocycles. The van der Waals surface area contributed by atoms with E-state index in [0.717, 1.165) is 18.9 Å². The van der Waals surface area contributed by atoms with Gasteiger partial charge in [0.2, 0.25) is 0 Å². The predicted octanol–water partition coefficient (Wildman–Crippen LogP) is 7.55. The lowest BCUT2D eigenvalue weighted by molar-refractivity contribution is 0.529. The van der Waals surface area contributed by atoms with Crippen molar-refractivity contribution in [3.05, 3.63) is 93.8 Å². The molecule has 0 spiro atoms. The van der Waals surface area contributed by atoms with E-state index < -0.39 is 0 Å². The number of nitrogens with one attached hydrogen (secondary N) is 1. The molecule has 1 unspecified atom stereocenters. The van der Waals surface area contributed by atoms with E-state index in [0.29, 0.717) is 0 Å². The Morgan fingerprint density at radius 1 is 0.833 bits per heavy atom. The van der Waals surface area contributed by atoms with Crippen molar-refractivity contribution >= 4 is 0 Å². The van der Waals surface area contributed by atoms with Gasteiger partial charge in [-0.15, -0.1) is 0 Å². The molecular formula is C29H35N. The van der Waals surface area contributed by atoms with Gasteiger partial charge in [-0.3, -0.25) is 0 Å². The van der Waals surface area contributed by atoms with Gasteiger partial charge in [-0.1, -0.05) is 60.3 Å². The number of hydrogen-bond acceptors (Lipinski definition) is 1. The maximum Gasteiger partial charge on any atom is 0.0330 e. The zero-order chi connectivity index (χ0) is 20.2. The lowest BCUT2D eigenvalue weighted by Crippen LogP contribution is -2.18. The largest absolute Gasteiger partial charge is 0.385 e. The molecule has 0 radical (unpaired) electrons. The van der Waals surface area contributed by atoms with Gasteiger partial charge in [0, 0.05) is 12.2 Å². The summed E-state index contributed by atoms with van der Waals surface area (Å²) >= 11 is 0. The standard InChI is InChI=1S/C29H35N/c1-2-6-20-30-29-19-18-25(21-26(29)10-3-1)22-11-7-12-24(17-16-22)28-15-8-13-23-9-4-5-14-27(23)28/h1-3,5-6,13-14,17,21-22,30H,4,7-12,15-16,18-20H2/b3-1-,6-2-. The van der Waals surface area contributed by atoms with Crippen LogP contribution < -0.4 is 5.32 Å². The zero-order valence-corrected chi connectivity index (χ0v) is 18.3. The van der Waals surface area contributed by atoms with Crippen molar-refractivity contribution < 1.29 is 0 Å². The summed E-state index contributed by atoms with van der Waals surface area (Å²) in [6.07, 6.45) is 35.0. The third-order valence-corrected chi connectivity index (χ3v) is 7.45. The van der Waals surface area contributed by atoms with E-state index in [1.54, 1.807) is 27.9 Å². The summed E-state index contributed by atoms with van der Waals surface area (Å²) in [4.78, 5) is 0. The van der Waals surface area contributed by atoms with Gasteiger partial charge in [0.15, 0.2) is 0 Å². The van der Waals surface area contributed by atoms with Crippen LogP contribution in [0.25, 0.3) is 0 Å². The molecule has 156 valence electrons. The highest BCUT2D eigenvalue weighted by Crippen LogP contribution is 2.41. The minimum Gasteiger partial charge on any atom is -0.385 e. The van der Waals surface area contributed by atoms with E-state index in [1.807, 2.05) is 0 Å². The Bertz CT molecular complexity index is 925. The molecule has 30 heavy (non-hydrogen) atoms. The molecule has 1 N–H and O–H groups in total. The van der Waals surface area contributed by atoms with Crippen molar-refractivity contribution in [2.45, 2.75) is 70.6 Å². The Hall–Kier alpha value is -2.28. The molecular weight excluding hydrogens is 362 g/mol. The fourth-order valence-electron chi connectivity index (χ4n) is 5.82. The third kappa shape index (κ3) is 4.26. The van der Waals surface area contributed by atoms with Crippen molar-refractivity contribution in [3.63, 3.8) is 0 Å². The molecule has 5 aliphatic rings. The van der Waals surface area contributed by atoms with Crippen LogP contribution >= 0.6 is 0 Å². The SMILES string of the molecule is C1=CC2=C(C3=CCC(C4=CC5=C(CC4)NC/C=C\C=C/C5)CCC3)CCC=C2CC1. The highest BCUT2D eigenvalue weighted by Gasteiger charge is 2.24. The van der Waals surface area contributed by atoms with Gasteiger partial charge in [-0.2, -0.15) is 0 Å². The maximum atomic E-state index is 3.65. The second-order valence-corrected chi connectivity index (χ2v) is 9.32. The van der Waals surface area contributed by atoms with Crippen LogP contribution in [0.4, 0.5) is 0 Å². The van der Waals surface area contributed by atoms with Gasteiger partial charge < -0.3 is 5.32 Å². The predicted molar refractivity (Wildman–Crippen MR) is 128 cm³/mol. The summed E-state index contributed by atoms with van der Waals surface area (Å²) in [7, 11) is 0. The summed E-state index contributed by atoms with van der Waals surface area (Å²) in [6, 6.07) is 0. The van der Waals surface area contributed by atoms with Gasteiger partial charge in [0.1, 0.15) is 0 Å². The normalized spacial score (nSPS) is 29.1. The Morgan fingerprint density at radius 2 is 1.80 bits per heavy atom. The molecule has 0 aromatic heterocycles. The summed E-state index contributed by atoms with van der Waals surface area (Å²) in [5.41, 5.74) is 11.2. The third-order valence-electron chi connectivity index (χ3n) is 7.45. The van der Waals surface area contributed by atoms with E-state index in [4.69, 9.17) is 0 Å². The van der Waals surface area contributed by atoms with Gasteiger partial charge in [-0.05, 0) is 104 Å². The molecule has 0 fully saturated rings. The first-order valence-corrected chi connectivity index (χ1v) is 12.1. The van der Waals surface area contributed by atoms with Crippen LogP contribution in [0.3, 0.4) is 0 Å². The van der Waals surface area contributed by atoms with Crippen molar-refractivity contribution in [2.24, 2.45) is 5.92 Å². The zero-order valence-electron chi connectivity index (χ0n) is 18.3. The van der Waals surface area contributed by atoms with Crippen LogP contribution in [0.2, 0.25) is 0 Å². The number of fused-ring (bicyclic) bond motifs is 1. The Kier molecular flexibility index (Phi) is 6.06. The Balaban J connectivity index is 1.36. The molecule has 0 amide bonds. The summed E-state index contributed by atoms with van der Waals surface area (Å²) in [5.74, 6) is 0.734. The van der Waals surface area contributed by atoms with E-state index in [9.17, 15) is 0 Å². The second kappa shape index (κ2) is 9.25. The molecule has 1 nitrogen and oxygen atoms in total. The number of rotatable bonds is 2. The fraction of sp³-hybridized carbons (Fsp3) is 0.448. The lowest BCUT2D eigenvalue weighted by Gasteiger charge is -2.25. The molecule has 1 aliphatic heterocycles. The van der Waals surface area contributed by atoms with Gasteiger partial charge in [-0.25, -0.2) is 0 Å². The number of allylic oxidation sites excluding steroid dienone is 15. The Labute approximate surface area is 182 Å². The van der Waals surface area contributed by atoms with Gasteiger partial charge in [0.25, 0.3) is 0 Å². The van der Waals surface area contributed by atoms with Crippen LogP contribution in [-0.4, -0.2) is 6.54 Å². The Morgan fingerprint density at radius 3 is 2.80 bits per heavy atom. The minimum atomic E-state index is 0.734. The molecule has 0 aromatic rings. The summed E-state index contributed by atoms with van der Waals surface area (Å²) in [5, 5.41) is 3.65. The number of hydrogen-bond donors (Lipinski definition) is 1. The monoisotopic (exact) mass is 397 g/mol. The van der Waals surface area contributed by atoms with Crippen molar-refractivity contribution in [1.29, 1.82) is 0 Å². The first kappa shape index (κ1) is 19.7. The maximum absolute atomic E-state index is 3.65. The molecule has 0 saturated heterocycles. The highest BCUT2D eigenvalue weighted by atomic mass is 14.9. The van der Waals surface area contributed by atoms with Crippen LogP contribution in [0.1, 0.15) is 70.6 Å². The molecule has 4 aliphatic carbocycles. The lowest BCUT2D eigenvalue weighted by atomic mass is 9.81. The first-order chi connectivity index (χ1) is 14.9. The van der Waals surface area contributed by atoms with E-state index >= 15 is 0 Å². The van der Waals surface area contributed by atoms with E-state index in [-0.39, 0.29) is 0 Å². The van der Waals surface area contributed by atoms with Gasteiger partial charge in [0.05, 0.1) is 0 Å². The minimum absolute atomic E-state index is 0.734. The van der Waals surface area contributed by atoms with Crippen LogP contribution in [0.5, 0.6) is 0 Å². The molecule has 1 atom stereocenters. The molecule has 0 aromatic carbocycles. The van der Waals surface area contributed by atoms with Crippen LogP contribution in [-0.2, 0) is 0 Å². The van der Waals surface area contributed by atoms with Crippen molar-refractivity contribution in [2.75, 3.05) is 6.54 Å². The highest BCUT2D eigenvalue weighted by molar-refractivity contribution is 5.54. The average Bonchev–Trinajstić information content (AvgIpc) is 2.97. The van der Waals surface area contributed by atoms with E-state index in [2.05, 4.69) is 60.0 Å².